The first-order valence-corrected chi connectivity index (χ1v) is 6.12. The highest BCUT2D eigenvalue weighted by Gasteiger charge is 2.06. The lowest BCUT2D eigenvalue weighted by molar-refractivity contribution is 0.887. The lowest BCUT2D eigenvalue weighted by atomic mass is 10.1. The smallest absolute Gasteiger partial charge is 0.130 e. The highest BCUT2D eigenvalue weighted by atomic mass is 79.9. The highest BCUT2D eigenvalue weighted by molar-refractivity contribution is 9.10. The zero-order chi connectivity index (χ0) is 10.7. The average molecular weight is 284 g/mol. The first-order chi connectivity index (χ1) is 7.25. The molecule has 0 aliphatic carbocycles. The number of benzene rings is 1. The zero-order valence-electron chi connectivity index (χ0n) is 8.14. The van der Waals surface area contributed by atoms with Crippen molar-refractivity contribution in [2.75, 3.05) is 5.32 Å². The van der Waals surface area contributed by atoms with Gasteiger partial charge in [0.25, 0.3) is 0 Å². The zero-order valence-corrected chi connectivity index (χ0v) is 10.5. The van der Waals surface area contributed by atoms with E-state index in [1.165, 1.54) is 17.1 Å². The largest absolute Gasteiger partial charge is 0.368 e. The fraction of sp³-hybridized carbons (Fsp3) is 0.200. The summed E-state index contributed by atoms with van der Waals surface area (Å²) in [5, 5.41) is 8.11. The predicted octanol–water partition coefficient (Wildman–Crippen LogP) is 3.47. The number of hydrogen-bond acceptors (Lipinski definition) is 4. The van der Waals surface area contributed by atoms with Crippen LogP contribution in [0.25, 0.3) is 0 Å². The Bertz CT molecular complexity index is 430. The van der Waals surface area contributed by atoms with Crippen LogP contribution >= 0.6 is 27.5 Å². The first-order valence-electron chi connectivity index (χ1n) is 4.55. The first kappa shape index (κ1) is 10.6. The Hall–Kier alpha value is -0.940. The molecule has 1 atom stereocenters. The monoisotopic (exact) mass is 283 g/mol. The summed E-state index contributed by atoms with van der Waals surface area (Å²) in [4.78, 5) is 0. The van der Waals surface area contributed by atoms with Crippen LogP contribution in [-0.4, -0.2) is 9.59 Å². The number of rotatable bonds is 3. The van der Waals surface area contributed by atoms with Crippen molar-refractivity contribution in [1.82, 2.24) is 9.59 Å². The number of hydrogen-bond donors (Lipinski definition) is 1. The number of aromatic nitrogens is 2. The Morgan fingerprint density at radius 2 is 2.33 bits per heavy atom. The third-order valence-corrected chi connectivity index (χ3v) is 3.16. The fourth-order valence-electron chi connectivity index (χ4n) is 1.30. The summed E-state index contributed by atoms with van der Waals surface area (Å²) in [7, 11) is 0. The Balaban J connectivity index is 2.11. The highest BCUT2D eigenvalue weighted by Crippen LogP contribution is 2.22. The van der Waals surface area contributed by atoms with Gasteiger partial charge in [0.05, 0.1) is 6.20 Å². The molecule has 0 spiro atoms. The normalized spacial score (nSPS) is 12.4. The number of nitrogens with one attached hydrogen (secondary N) is 1. The van der Waals surface area contributed by atoms with Crippen molar-refractivity contribution in [3.63, 3.8) is 0 Å². The van der Waals surface area contributed by atoms with E-state index in [0.29, 0.717) is 0 Å². The van der Waals surface area contributed by atoms with Crippen LogP contribution in [0.3, 0.4) is 0 Å². The Morgan fingerprint density at radius 3 is 3.00 bits per heavy atom. The SMILES string of the molecule is CC(Nc1cnns1)c1cccc(Br)c1. The van der Waals surface area contributed by atoms with Gasteiger partial charge in [0.15, 0.2) is 0 Å². The van der Waals surface area contributed by atoms with E-state index < -0.39 is 0 Å². The number of nitrogens with zero attached hydrogens (tertiary/aromatic N) is 2. The van der Waals surface area contributed by atoms with Crippen molar-refractivity contribution in [3.8, 4) is 0 Å². The Morgan fingerprint density at radius 1 is 1.47 bits per heavy atom. The van der Waals surface area contributed by atoms with Gasteiger partial charge in [0.1, 0.15) is 5.00 Å². The van der Waals surface area contributed by atoms with Crippen molar-refractivity contribution in [3.05, 3.63) is 40.5 Å². The summed E-state index contributed by atoms with van der Waals surface area (Å²) >= 11 is 4.82. The van der Waals surface area contributed by atoms with E-state index >= 15 is 0 Å². The Kier molecular flexibility index (Phi) is 3.33. The predicted molar refractivity (Wildman–Crippen MR) is 66.1 cm³/mol. The third-order valence-electron chi connectivity index (χ3n) is 2.07. The van der Waals surface area contributed by atoms with Gasteiger partial charge >= 0.3 is 0 Å². The molecule has 0 fully saturated rings. The molecular weight excluding hydrogens is 274 g/mol. The summed E-state index contributed by atoms with van der Waals surface area (Å²) in [6, 6.07) is 8.50. The van der Waals surface area contributed by atoms with E-state index in [-0.39, 0.29) is 6.04 Å². The standard InChI is InChI=1S/C10H10BrN3S/c1-7(13-10-6-12-14-15-10)8-3-2-4-9(11)5-8/h2-7,13H,1H3. The van der Waals surface area contributed by atoms with Crippen LogP contribution in [0.15, 0.2) is 34.9 Å². The van der Waals surface area contributed by atoms with Gasteiger partial charge in [-0.3, -0.25) is 0 Å². The molecule has 0 radical (unpaired) electrons. The lowest BCUT2D eigenvalue weighted by Crippen LogP contribution is -2.05. The number of halogens is 1. The molecule has 1 N–H and O–H groups in total. The topological polar surface area (TPSA) is 37.8 Å². The molecule has 15 heavy (non-hydrogen) atoms. The maximum absolute atomic E-state index is 3.81. The second-order valence-electron chi connectivity index (χ2n) is 3.20. The molecule has 78 valence electrons. The molecule has 0 aliphatic heterocycles. The lowest BCUT2D eigenvalue weighted by Gasteiger charge is -2.13. The van der Waals surface area contributed by atoms with Crippen LogP contribution in [0.1, 0.15) is 18.5 Å². The second kappa shape index (κ2) is 4.72. The molecule has 0 bridgehead atoms. The molecule has 3 nitrogen and oxygen atoms in total. The van der Waals surface area contributed by atoms with Crippen molar-refractivity contribution < 1.29 is 0 Å². The van der Waals surface area contributed by atoms with E-state index in [0.717, 1.165) is 9.47 Å². The van der Waals surface area contributed by atoms with Crippen LogP contribution in [0.4, 0.5) is 5.00 Å². The fourth-order valence-corrected chi connectivity index (χ4v) is 2.23. The van der Waals surface area contributed by atoms with Gasteiger partial charge in [0.2, 0.25) is 0 Å². The summed E-state index contributed by atoms with van der Waals surface area (Å²) in [5.74, 6) is 0. The van der Waals surface area contributed by atoms with Gasteiger partial charge in [0, 0.05) is 22.0 Å². The van der Waals surface area contributed by atoms with E-state index in [1.54, 1.807) is 6.20 Å². The second-order valence-corrected chi connectivity index (χ2v) is 4.90. The minimum Gasteiger partial charge on any atom is -0.368 e. The molecule has 2 rings (SSSR count). The van der Waals surface area contributed by atoms with Gasteiger partial charge in [-0.25, -0.2) is 0 Å². The third kappa shape index (κ3) is 2.76. The van der Waals surface area contributed by atoms with Gasteiger partial charge in [-0.15, -0.1) is 5.10 Å². The molecule has 0 amide bonds. The van der Waals surface area contributed by atoms with Crippen LogP contribution in [0, 0.1) is 0 Å². The van der Waals surface area contributed by atoms with Crippen molar-refractivity contribution >= 4 is 32.5 Å². The van der Waals surface area contributed by atoms with Crippen molar-refractivity contribution in [1.29, 1.82) is 0 Å². The molecular formula is C10H10BrN3S. The van der Waals surface area contributed by atoms with Gasteiger partial charge in [-0.1, -0.05) is 32.6 Å². The summed E-state index contributed by atoms with van der Waals surface area (Å²) < 4.78 is 4.90. The van der Waals surface area contributed by atoms with Gasteiger partial charge in [-0.05, 0) is 24.6 Å². The van der Waals surface area contributed by atoms with E-state index in [4.69, 9.17) is 0 Å². The van der Waals surface area contributed by atoms with E-state index in [9.17, 15) is 0 Å². The molecule has 5 heteroatoms. The van der Waals surface area contributed by atoms with E-state index in [2.05, 4.69) is 49.9 Å². The molecule has 1 heterocycles. The summed E-state index contributed by atoms with van der Waals surface area (Å²) in [6.45, 7) is 2.11. The summed E-state index contributed by atoms with van der Waals surface area (Å²) in [6.07, 6.45) is 1.74. The molecule has 0 saturated carbocycles. The van der Waals surface area contributed by atoms with Crippen molar-refractivity contribution in [2.45, 2.75) is 13.0 Å². The Labute approximate surface area is 101 Å². The summed E-state index contributed by atoms with van der Waals surface area (Å²) in [5.41, 5.74) is 1.23. The van der Waals surface area contributed by atoms with E-state index in [1.807, 2.05) is 12.1 Å². The molecule has 1 unspecified atom stereocenters. The molecule has 0 saturated heterocycles. The minimum atomic E-state index is 0.254. The van der Waals surface area contributed by atoms with Gasteiger partial charge < -0.3 is 5.32 Å². The molecule has 1 aromatic carbocycles. The van der Waals surface area contributed by atoms with Crippen LogP contribution in [-0.2, 0) is 0 Å². The number of anilines is 1. The van der Waals surface area contributed by atoms with Crippen LogP contribution < -0.4 is 5.32 Å². The minimum absolute atomic E-state index is 0.254. The van der Waals surface area contributed by atoms with Crippen LogP contribution in [0.2, 0.25) is 0 Å². The van der Waals surface area contributed by atoms with Crippen molar-refractivity contribution in [2.24, 2.45) is 0 Å². The molecule has 2 aromatic rings. The van der Waals surface area contributed by atoms with Gasteiger partial charge in [-0.2, -0.15) is 0 Å². The maximum Gasteiger partial charge on any atom is 0.130 e. The molecule has 0 aliphatic rings. The maximum atomic E-state index is 3.81. The van der Waals surface area contributed by atoms with Crippen LogP contribution in [0.5, 0.6) is 0 Å². The average Bonchev–Trinajstić information content (AvgIpc) is 2.70. The quantitative estimate of drug-likeness (QED) is 0.937. The molecule has 1 aromatic heterocycles.